The summed E-state index contributed by atoms with van der Waals surface area (Å²) in [5, 5.41) is 19.6. The van der Waals surface area contributed by atoms with Crippen molar-refractivity contribution in [3.63, 3.8) is 0 Å². The maximum absolute atomic E-state index is 11.6. The van der Waals surface area contributed by atoms with E-state index in [0.717, 1.165) is 24.0 Å². The molecule has 0 amide bonds. The normalized spacial score (nSPS) is 37.7. The third-order valence-corrected chi connectivity index (χ3v) is 3.77. The molecule has 4 nitrogen and oxygen atoms in total. The standard InChI is InChI=1S/C15H20O4/c1-9-4-3-5-11(8-16)7-13-14(12(17)6-9)10(2)15(18)19-13/h4,7,12-14,16-17H,2-3,5-6,8H2,1H3/b9-4+,11-7-/t12-,13-,14+/m0/s1. The molecule has 2 rings (SSSR count). The van der Waals surface area contributed by atoms with E-state index >= 15 is 0 Å². The van der Waals surface area contributed by atoms with Crippen molar-refractivity contribution in [1.29, 1.82) is 0 Å². The molecule has 104 valence electrons. The van der Waals surface area contributed by atoms with E-state index < -0.39 is 24.1 Å². The number of ether oxygens (including phenoxy) is 1. The van der Waals surface area contributed by atoms with Crippen molar-refractivity contribution in [2.45, 2.75) is 38.4 Å². The Morgan fingerprint density at radius 2 is 2.26 bits per heavy atom. The van der Waals surface area contributed by atoms with Gasteiger partial charge in [0.2, 0.25) is 0 Å². The molecule has 0 saturated carbocycles. The van der Waals surface area contributed by atoms with Crippen molar-refractivity contribution in [2.24, 2.45) is 5.92 Å². The van der Waals surface area contributed by atoms with Crippen LogP contribution in [0.25, 0.3) is 0 Å². The van der Waals surface area contributed by atoms with Gasteiger partial charge in [-0.2, -0.15) is 0 Å². The molecule has 19 heavy (non-hydrogen) atoms. The van der Waals surface area contributed by atoms with Gasteiger partial charge in [0.15, 0.2) is 0 Å². The number of hydrogen-bond donors (Lipinski definition) is 2. The lowest BCUT2D eigenvalue weighted by Crippen LogP contribution is -2.29. The lowest BCUT2D eigenvalue weighted by molar-refractivity contribution is -0.137. The van der Waals surface area contributed by atoms with Crippen LogP contribution in [0.3, 0.4) is 0 Å². The number of allylic oxidation sites excluding steroid dienone is 1. The minimum absolute atomic E-state index is 0.0593. The lowest BCUT2D eigenvalue weighted by Gasteiger charge is -2.23. The summed E-state index contributed by atoms with van der Waals surface area (Å²) in [7, 11) is 0. The minimum Gasteiger partial charge on any atom is -0.454 e. The summed E-state index contributed by atoms with van der Waals surface area (Å²) in [5.74, 6) is -0.876. The highest BCUT2D eigenvalue weighted by atomic mass is 16.6. The molecule has 1 aliphatic carbocycles. The molecule has 0 aromatic rings. The van der Waals surface area contributed by atoms with Crippen LogP contribution >= 0.6 is 0 Å². The fraction of sp³-hybridized carbons (Fsp3) is 0.533. The summed E-state index contributed by atoms with van der Waals surface area (Å²) in [5.41, 5.74) is 2.23. The molecule has 1 fully saturated rings. The molecule has 0 aromatic heterocycles. The first-order chi connectivity index (χ1) is 9.02. The minimum atomic E-state index is -0.686. The highest BCUT2D eigenvalue weighted by Crippen LogP contribution is 2.34. The van der Waals surface area contributed by atoms with Gasteiger partial charge >= 0.3 is 5.97 Å². The zero-order valence-electron chi connectivity index (χ0n) is 11.1. The van der Waals surface area contributed by atoms with Crippen LogP contribution in [0.15, 0.2) is 35.5 Å². The molecular weight excluding hydrogens is 244 g/mol. The number of fused-ring (bicyclic) bond motifs is 1. The zero-order chi connectivity index (χ0) is 14.0. The quantitative estimate of drug-likeness (QED) is 0.428. The molecule has 2 aliphatic rings. The van der Waals surface area contributed by atoms with Gasteiger partial charge in [-0.15, -0.1) is 0 Å². The Hall–Kier alpha value is -1.39. The van der Waals surface area contributed by atoms with Crippen LogP contribution in [0.1, 0.15) is 26.2 Å². The monoisotopic (exact) mass is 264 g/mol. The Morgan fingerprint density at radius 1 is 1.53 bits per heavy atom. The summed E-state index contributed by atoms with van der Waals surface area (Å²) < 4.78 is 5.24. The fourth-order valence-corrected chi connectivity index (χ4v) is 2.69. The van der Waals surface area contributed by atoms with Crippen LogP contribution in [-0.2, 0) is 9.53 Å². The zero-order valence-corrected chi connectivity index (χ0v) is 11.1. The van der Waals surface area contributed by atoms with Crippen LogP contribution in [-0.4, -0.2) is 35.0 Å². The van der Waals surface area contributed by atoms with Gasteiger partial charge in [-0.25, -0.2) is 4.79 Å². The number of hydrogen-bond acceptors (Lipinski definition) is 4. The van der Waals surface area contributed by atoms with Crippen molar-refractivity contribution < 1.29 is 19.7 Å². The SMILES string of the molecule is C=C1C(=O)O[C@H]2/C=C(\CO)CC/C=C(\C)C[C@H](O)[C@@H]12. The Kier molecular flexibility index (Phi) is 4.22. The van der Waals surface area contributed by atoms with Gasteiger partial charge in [0.25, 0.3) is 0 Å². The summed E-state index contributed by atoms with van der Waals surface area (Å²) in [6.45, 7) is 5.63. The lowest BCUT2D eigenvalue weighted by atomic mass is 9.85. The Morgan fingerprint density at radius 3 is 2.95 bits per heavy atom. The largest absolute Gasteiger partial charge is 0.454 e. The first kappa shape index (κ1) is 14.0. The summed E-state index contributed by atoms with van der Waals surface area (Å²) in [6, 6.07) is 0. The molecular formula is C15H20O4. The molecule has 0 radical (unpaired) electrons. The maximum Gasteiger partial charge on any atom is 0.334 e. The third kappa shape index (κ3) is 2.96. The fourth-order valence-electron chi connectivity index (χ4n) is 2.69. The van der Waals surface area contributed by atoms with E-state index in [9.17, 15) is 15.0 Å². The van der Waals surface area contributed by atoms with E-state index in [0.29, 0.717) is 12.0 Å². The second-order valence-electron chi connectivity index (χ2n) is 5.26. The third-order valence-electron chi connectivity index (χ3n) is 3.77. The van der Waals surface area contributed by atoms with E-state index in [-0.39, 0.29) is 6.61 Å². The molecule has 0 unspecified atom stereocenters. The van der Waals surface area contributed by atoms with Gasteiger partial charge in [0.1, 0.15) is 6.10 Å². The molecule has 4 heteroatoms. The summed E-state index contributed by atoms with van der Waals surface area (Å²) >= 11 is 0. The van der Waals surface area contributed by atoms with E-state index in [1.54, 1.807) is 6.08 Å². The van der Waals surface area contributed by atoms with E-state index in [1.807, 2.05) is 6.92 Å². The van der Waals surface area contributed by atoms with E-state index in [4.69, 9.17) is 4.74 Å². The van der Waals surface area contributed by atoms with Crippen LogP contribution in [0.4, 0.5) is 0 Å². The Balaban J connectivity index is 2.34. The molecule has 1 heterocycles. The molecule has 1 saturated heterocycles. The molecule has 3 atom stereocenters. The highest BCUT2D eigenvalue weighted by molar-refractivity contribution is 5.91. The summed E-state index contributed by atoms with van der Waals surface area (Å²) in [4.78, 5) is 11.6. The topological polar surface area (TPSA) is 66.8 Å². The van der Waals surface area contributed by atoms with Crippen LogP contribution in [0.2, 0.25) is 0 Å². The van der Waals surface area contributed by atoms with Crippen molar-refractivity contribution >= 4 is 5.97 Å². The van der Waals surface area contributed by atoms with Crippen LogP contribution < -0.4 is 0 Å². The van der Waals surface area contributed by atoms with Crippen molar-refractivity contribution in [1.82, 2.24) is 0 Å². The van der Waals surface area contributed by atoms with Gasteiger partial charge in [-0.3, -0.25) is 0 Å². The number of carbonyl (C=O) groups is 1. The Bertz CT molecular complexity index is 447. The number of esters is 1. The molecule has 2 N–H and O–H groups in total. The van der Waals surface area contributed by atoms with Crippen molar-refractivity contribution in [3.8, 4) is 0 Å². The van der Waals surface area contributed by atoms with Crippen LogP contribution in [0.5, 0.6) is 0 Å². The summed E-state index contributed by atoms with van der Waals surface area (Å²) in [6.07, 6.45) is 4.69. The number of carbonyl (C=O) groups excluding carboxylic acids is 1. The van der Waals surface area contributed by atoms with Crippen molar-refractivity contribution in [2.75, 3.05) is 6.61 Å². The van der Waals surface area contributed by atoms with Gasteiger partial charge in [-0.05, 0) is 37.8 Å². The molecule has 0 aromatic carbocycles. The smallest absolute Gasteiger partial charge is 0.334 e. The predicted molar refractivity (Wildman–Crippen MR) is 71.3 cm³/mol. The maximum atomic E-state index is 11.6. The second-order valence-corrected chi connectivity index (χ2v) is 5.26. The number of aliphatic hydroxyl groups excluding tert-OH is 2. The Labute approximate surface area is 113 Å². The predicted octanol–water partition coefficient (Wildman–Crippen LogP) is 1.49. The number of aliphatic hydroxyl groups is 2. The van der Waals surface area contributed by atoms with E-state index in [2.05, 4.69) is 12.7 Å². The molecule has 1 aliphatic heterocycles. The van der Waals surface area contributed by atoms with Gasteiger partial charge < -0.3 is 14.9 Å². The van der Waals surface area contributed by atoms with Gasteiger partial charge in [-0.1, -0.05) is 18.2 Å². The number of rotatable bonds is 1. The first-order valence-electron chi connectivity index (χ1n) is 6.57. The van der Waals surface area contributed by atoms with Crippen molar-refractivity contribution in [3.05, 3.63) is 35.5 Å². The van der Waals surface area contributed by atoms with Crippen LogP contribution in [0, 0.1) is 5.92 Å². The molecule has 0 bridgehead atoms. The van der Waals surface area contributed by atoms with Gasteiger partial charge in [0.05, 0.1) is 18.6 Å². The second kappa shape index (κ2) is 5.72. The average Bonchev–Trinajstić information content (AvgIpc) is 2.63. The first-order valence-corrected chi connectivity index (χ1v) is 6.57. The molecule has 0 spiro atoms. The highest BCUT2D eigenvalue weighted by Gasteiger charge is 2.41. The average molecular weight is 264 g/mol. The van der Waals surface area contributed by atoms with E-state index in [1.165, 1.54) is 0 Å². The van der Waals surface area contributed by atoms with Gasteiger partial charge in [0, 0.05) is 5.57 Å².